The van der Waals surface area contributed by atoms with Gasteiger partial charge in [-0.1, -0.05) is 0 Å². The zero-order valence-electron chi connectivity index (χ0n) is 15.2. The highest BCUT2D eigenvalue weighted by atomic mass is 32.2. The molecule has 2 aromatic carbocycles. The minimum atomic E-state index is -3.74. The number of sulfonamides is 1. The third-order valence-electron chi connectivity index (χ3n) is 4.39. The second kappa shape index (κ2) is 8.07. The number of amides is 2. The van der Waals surface area contributed by atoms with Crippen LogP contribution in [0.15, 0.2) is 53.4 Å². The average Bonchev–Trinajstić information content (AvgIpc) is 3.01. The molecule has 148 valence electrons. The molecule has 2 aromatic rings. The van der Waals surface area contributed by atoms with Crippen molar-refractivity contribution in [1.82, 2.24) is 4.72 Å². The lowest BCUT2D eigenvalue weighted by Crippen LogP contribution is -2.31. The van der Waals surface area contributed by atoms with Crippen LogP contribution >= 0.6 is 0 Å². The molecule has 3 rings (SSSR count). The first-order valence-electron chi connectivity index (χ1n) is 8.68. The molecule has 1 heterocycles. The topological polar surface area (TPSA) is 95.6 Å². The van der Waals surface area contributed by atoms with Gasteiger partial charge in [0.05, 0.1) is 4.90 Å². The highest BCUT2D eigenvalue weighted by Crippen LogP contribution is 2.25. The maximum Gasteiger partial charge on any atom is 0.240 e. The summed E-state index contributed by atoms with van der Waals surface area (Å²) in [7, 11) is -3.74. The van der Waals surface area contributed by atoms with Gasteiger partial charge in [0, 0.05) is 37.8 Å². The first-order chi connectivity index (χ1) is 13.2. The molecule has 28 heavy (non-hydrogen) atoms. The van der Waals surface area contributed by atoms with Crippen molar-refractivity contribution >= 4 is 33.2 Å². The molecule has 1 atom stereocenters. The Hall–Kier alpha value is -2.78. The Labute approximate surface area is 162 Å². The molecule has 1 fully saturated rings. The molecule has 2 N–H and O–H groups in total. The van der Waals surface area contributed by atoms with Gasteiger partial charge in [-0.05, 0) is 54.4 Å². The predicted octanol–water partition coefficient (Wildman–Crippen LogP) is 2.12. The van der Waals surface area contributed by atoms with Gasteiger partial charge in [0.1, 0.15) is 5.82 Å². The van der Waals surface area contributed by atoms with E-state index in [4.69, 9.17) is 0 Å². The maximum absolute atomic E-state index is 13.0. The second-order valence-electron chi connectivity index (χ2n) is 6.61. The molecule has 7 nitrogen and oxygen atoms in total. The van der Waals surface area contributed by atoms with Gasteiger partial charge < -0.3 is 10.2 Å². The highest BCUT2D eigenvalue weighted by Gasteiger charge is 2.31. The van der Waals surface area contributed by atoms with E-state index in [9.17, 15) is 22.4 Å². The average molecular weight is 405 g/mol. The summed E-state index contributed by atoms with van der Waals surface area (Å²) in [6.45, 7) is 1.83. The Bertz CT molecular complexity index is 975. The highest BCUT2D eigenvalue weighted by molar-refractivity contribution is 7.89. The number of benzene rings is 2. The van der Waals surface area contributed by atoms with Crippen LogP contribution in [0.2, 0.25) is 0 Å². The summed E-state index contributed by atoms with van der Waals surface area (Å²) < 4.78 is 40.5. The smallest absolute Gasteiger partial charge is 0.240 e. The second-order valence-corrected chi connectivity index (χ2v) is 8.38. The molecule has 0 spiro atoms. The Balaban J connectivity index is 1.61. The van der Waals surface area contributed by atoms with Crippen LogP contribution < -0.4 is 14.9 Å². The largest absolute Gasteiger partial charge is 0.326 e. The van der Waals surface area contributed by atoms with Crippen molar-refractivity contribution in [2.45, 2.75) is 18.2 Å². The van der Waals surface area contributed by atoms with Crippen LogP contribution in [-0.4, -0.2) is 33.3 Å². The van der Waals surface area contributed by atoms with Crippen molar-refractivity contribution in [3.8, 4) is 0 Å². The molecule has 9 heteroatoms. The summed E-state index contributed by atoms with van der Waals surface area (Å²) in [5.74, 6) is -0.948. The number of nitrogens with zero attached hydrogens (tertiary/aromatic N) is 1. The van der Waals surface area contributed by atoms with Crippen molar-refractivity contribution < 1.29 is 22.4 Å². The van der Waals surface area contributed by atoms with Crippen molar-refractivity contribution in [1.29, 1.82) is 0 Å². The molecule has 1 aliphatic rings. The van der Waals surface area contributed by atoms with E-state index in [0.717, 1.165) is 0 Å². The fourth-order valence-electron chi connectivity index (χ4n) is 3.02. The first kappa shape index (κ1) is 20.0. The standard InChI is InChI=1S/C19H20FN3O4S/c1-13(24)22-16-4-8-18(9-5-16)28(26,27)21-11-14-10-19(25)23(12-14)17-6-2-15(20)3-7-17/h2-9,14,21H,10-12H2,1H3,(H,22,24). The minimum absolute atomic E-state index is 0.0707. The van der Waals surface area contributed by atoms with Gasteiger partial charge in [0.25, 0.3) is 0 Å². The minimum Gasteiger partial charge on any atom is -0.326 e. The fourth-order valence-corrected chi connectivity index (χ4v) is 4.14. The number of hydrogen-bond donors (Lipinski definition) is 2. The fraction of sp³-hybridized carbons (Fsp3) is 0.263. The molecule has 0 aliphatic carbocycles. The van der Waals surface area contributed by atoms with Gasteiger partial charge in [-0.3, -0.25) is 9.59 Å². The monoisotopic (exact) mass is 405 g/mol. The molecule has 0 saturated carbocycles. The quantitative estimate of drug-likeness (QED) is 0.770. The summed E-state index contributed by atoms with van der Waals surface area (Å²) in [5.41, 5.74) is 1.09. The van der Waals surface area contributed by atoms with Crippen molar-refractivity contribution in [3.05, 3.63) is 54.3 Å². The predicted molar refractivity (Wildman–Crippen MR) is 103 cm³/mol. The van der Waals surface area contributed by atoms with Gasteiger partial charge in [0.2, 0.25) is 21.8 Å². The molecular weight excluding hydrogens is 385 g/mol. The zero-order chi connectivity index (χ0) is 20.3. The lowest BCUT2D eigenvalue weighted by atomic mass is 10.1. The molecular formula is C19H20FN3O4S. The lowest BCUT2D eigenvalue weighted by molar-refractivity contribution is -0.117. The number of nitrogens with one attached hydrogen (secondary N) is 2. The van der Waals surface area contributed by atoms with Gasteiger partial charge in [-0.25, -0.2) is 17.5 Å². The SMILES string of the molecule is CC(=O)Nc1ccc(S(=O)(=O)NCC2CC(=O)N(c3ccc(F)cc3)C2)cc1. The van der Waals surface area contributed by atoms with E-state index in [1.165, 1.54) is 60.4 Å². The maximum atomic E-state index is 13.0. The van der Waals surface area contributed by atoms with Gasteiger partial charge >= 0.3 is 0 Å². The van der Waals surface area contributed by atoms with E-state index in [1.807, 2.05) is 0 Å². The van der Waals surface area contributed by atoms with Crippen molar-refractivity contribution in [2.75, 3.05) is 23.3 Å². The molecule has 1 unspecified atom stereocenters. The van der Waals surface area contributed by atoms with E-state index in [0.29, 0.717) is 17.9 Å². The molecule has 1 aliphatic heterocycles. The van der Waals surface area contributed by atoms with Crippen LogP contribution in [0, 0.1) is 11.7 Å². The van der Waals surface area contributed by atoms with Gasteiger partial charge in [-0.2, -0.15) is 0 Å². The molecule has 2 amide bonds. The third kappa shape index (κ3) is 4.73. The van der Waals surface area contributed by atoms with Crippen LogP contribution in [0.5, 0.6) is 0 Å². The normalized spacial score (nSPS) is 17.0. The van der Waals surface area contributed by atoms with E-state index >= 15 is 0 Å². The third-order valence-corrected chi connectivity index (χ3v) is 5.83. The number of carbonyl (C=O) groups excluding carboxylic acids is 2. The zero-order valence-corrected chi connectivity index (χ0v) is 16.0. The van der Waals surface area contributed by atoms with E-state index in [-0.39, 0.29) is 41.4 Å². The van der Waals surface area contributed by atoms with Crippen LogP contribution in [-0.2, 0) is 19.6 Å². The molecule has 0 bridgehead atoms. The Morgan fingerprint density at radius 3 is 2.39 bits per heavy atom. The Morgan fingerprint density at radius 2 is 1.79 bits per heavy atom. The van der Waals surface area contributed by atoms with E-state index in [1.54, 1.807) is 0 Å². The summed E-state index contributed by atoms with van der Waals surface area (Å²) in [6, 6.07) is 11.4. The number of halogens is 1. The number of anilines is 2. The lowest BCUT2D eigenvalue weighted by Gasteiger charge is -2.17. The molecule has 0 aromatic heterocycles. The number of hydrogen-bond acceptors (Lipinski definition) is 4. The number of carbonyl (C=O) groups is 2. The van der Waals surface area contributed by atoms with Crippen LogP contribution in [0.4, 0.5) is 15.8 Å². The molecule has 0 radical (unpaired) electrons. The Morgan fingerprint density at radius 1 is 1.14 bits per heavy atom. The molecule has 1 saturated heterocycles. The summed E-state index contributed by atoms with van der Waals surface area (Å²) in [4.78, 5) is 24.8. The van der Waals surface area contributed by atoms with E-state index < -0.39 is 10.0 Å². The van der Waals surface area contributed by atoms with Crippen LogP contribution in [0.1, 0.15) is 13.3 Å². The first-order valence-corrected chi connectivity index (χ1v) is 10.2. The van der Waals surface area contributed by atoms with Crippen LogP contribution in [0.3, 0.4) is 0 Å². The summed E-state index contributed by atoms with van der Waals surface area (Å²) >= 11 is 0. The van der Waals surface area contributed by atoms with Crippen LogP contribution in [0.25, 0.3) is 0 Å². The van der Waals surface area contributed by atoms with Crippen molar-refractivity contribution in [2.24, 2.45) is 5.92 Å². The van der Waals surface area contributed by atoms with E-state index in [2.05, 4.69) is 10.0 Å². The summed E-state index contributed by atoms with van der Waals surface area (Å²) in [5, 5.41) is 2.57. The number of rotatable bonds is 6. The van der Waals surface area contributed by atoms with Gasteiger partial charge in [-0.15, -0.1) is 0 Å². The summed E-state index contributed by atoms with van der Waals surface area (Å²) in [6.07, 6.45) is 0.210. The van der Waals surface area contributed by atoms with Gasteiger partial charge in [0.15, 0.2) is 0 Å². The van der Waals surface area contributed by atoms with Crippen molar-refractivity contribution in [3.63, 3.8) is 0 Å². The Kier molecular flexibility index (Phi) is 5.76.